The molecule has 0 radical (unpaired) electrons. The van der Waals surface area contributed by atoms with E-state index < -0.39 is 17.3 Å². The highest BCUT2D eigenvalue weighted by Gasteiger charge is 2.29. The number of carbonyl (C=O) groups is 2. The van der Waals surface area contributed by atoms with Crippen molar-refractivity contribution in [3.05, 3.63) is 63.3 Å². The number of benzene rings is 1. The van der Waals surface area contributed by atoms with Gasteiger partial charge in [-0.25, -0.2) is 4.39 Å². The summed E-state index contributed by atoms with van der Waals surface area (Å²) >= 11 is 0. The van der Waals surface area contributed by atoms with Gasteiger partial charge in [-0.3, -0.25) is 19.0 Å². The molecule has 2 aromatic rings. The van der Waals surface area contributed by atoms with Gasteiger partial charge in [0, 0.05) is 29.4 Å². The fourth-order valence-corrected chi connectivity index (χ4v) is 3.21. The molecular formula is C19H17FN2O3. The minimum atomic E-state index is -0.474. The number of hydrogen-bond donors (Lipinski definition) is 1. The van der Waals surface area contributed by atoms with Crippen molar-refractivity contribution in [2.75, 3.05) is 0 Å². The molecule has 2 aliphatic carbocycles. The number of carbonyl (C=O) groups excluding carboxylic acids is 2. The summed E-state index contributed by atoms with van der Waals surface area (Å²) in [6.45, 7) is 0. The SMILES string of the molecule is O=C1CCCc2c1cc(C(=O)NC1CC1)c(=O)n2-c1ccc(F)cc1. The largest absolute Gasteiger partial charge is 0.349 e. The number of nitrogens with one attached hydrogen (secondary N) is 1. The average Bonchev–Trinajstić information content (AvgIpc) is 3.40. The van der Waals surface area contributed by atoms with Crippen LogP contribution in [0.15, 0.2) is 35.1 Å². The molecule has 1 aromatic heterocycles. The number of Topliss-reactive ketones (excluding diaryl/α,β-unsaturated/α-hetero) is 1. The first-order valence-corrected chi connectivity index (χ1v) is 8.43. The lowest BCUT2D eigenvalue weighted by molar-refractivity contribution is 0.0949. The first kappa shape index (κ1) is 15.7. The molecular weight excluding hydrogens is 323 g/mol. The lowest BCUT2D eigenvalue weighted by atomic mass is 9.92. The van der Waals surface area contributed by atoms with Crippen LogP contribution in [-0.4, -0.2) is 22.3 Å². The Morgan fingerprint density at radius 2 is 1.84 bits per heavy atom. The van der Waals surface area contributed by atoms with E-state index in [4.69, 9.17) is 0 Å². The molecule has 6 heteroatoms. The van der Waals surface area contributed by atoms with E-state index in [1.54, 1.807) is 0 Å². The standard InChI is InChI=1S/C19H17FN2O3/c20-11-4-8-13(9-5-11)22-16-2-1-3-17(23)14(16)10-15(19(22)25)18(24)21-12-6-7-12/h4-5,8-10,12H,1-3,6-7H2,(H,21,24). The van der Waals surface area contributed by atoms with Crippen LogP contribution in [0, 0.1) is 5.82 Å². The normalized spacial score (nSPS) is 16.4. The Morgan fingerprint density at radius 3 is 2.52 bits per heavy atom. The monoisotopic (exact) mass is 340 g/mol. The van der Waals surface area contributed by atoms with Crippen molar-refractivity contribution >= 4 is 11.7 Å². The van der Waals surface area contributed by atoms with Gasteiger partial charge >= 0.3 is 0 Å². The Labute approximate surface area is 143 Å². The molecule has 4 rings (SSSR count). The van der Waals surface area contributed by atoms with E-state index >= 15 is 0 Å². The smallest absolute Gasteiger partial charge is 0.268 e. The van der Waals surface area contributed by atoms with Crippen LogP contribution >= 0.6 is 0 Å². The minimum absolute atomic E-state index is 0.0368. The minimum Gasteiger partial charge on any atom is -0.349 e. The third-order valence-corrected chi connectivity index (χ3v) is 4.66. The molecule has 0 unspecified atom stereocenters. The van der Waals surface area contributed by atoms with Crippen molar-refractivity contribution in [2.45, 2.75) is 38.1 Å². The number of nitrogens with zero attached hydrogens (tertiary/aromatic N) is 1. The Morgan fingerprint density at radius 1 is 1.12 bits per heavy atom. The Hall–Kier alpha value is -2.76. The van der Waals surface area contributed by atoms with Crippen LogP contribution in [0.4, 0.5) is 4.39 Å². The zero-order valence-electron chi connectivity index (χ0n) is 13.5. The van der Waals surface area contributed by atoms with Gasteiger partial charge in [0.05, 0.1) is 0 Å². The maximum atomic E-state index is 13.3. The van der Waals surface area contributed by atoms with Crippen molar-refractivity contribution in [1.82, 2.24) is 9.88 Å². The van der Waals surface area contributed by atoms with Crippen LogP contribution in [0.2, 0.25) is 0 Å². The molecule has 1 fully saturated rings. The van der Waals surface area contributed by atoms with Gasteiger partial charge in [0.2, 0.25) is 0 Å². The second-order valence-electron chi connectivity index (χ2n) is 6.56. The third kappa shape index (κ3) is 2.88. The number of ketones is 1. The van der Waals surface area contributed by atoms with Gasteiger partial charge < -0.3 is 5.32 Å². The highest BCUT2D eigenvalue weighted by molar-refractivity contribution is 6.02. The lowest BCUT2D eigenvalue weighted by Crippen LogP contribution is -2.36. The molecule has 0 spiro atoms. The fraction of sp³-hybridized carbons (Fsp3) is 0.316. The van der Waals surface area contributed by atoms with E-state index in [0.717, 1.165) is 12.8 Å². The van der Waals surface area contributed by atoms with Crippen LogP contribution in [-0.2, 0) is 6.42 Å². The molecule has 128 valence electrons. The van der Waals surface area contributed by atoms with Gasteiger partial charge in [0.25, 0.3) is 11.5 Å². The number of aromatic nitrogens is 1. The Bertz CT molecular complexity index is 927. The van der Waals surface area contributed by atoms with Crippen molar-refractivity contribution in [3.8, 4) is 5.69 Å². The Kier molecular flexibility index (Phi) is 3.75. The van der Waals surface area contributed by atoms with Gasteiger partial charge in [-0.05, 0) is 56.0 Å². The number of pyridine rings is 1. The predicted molar refractivity (Wildman–Crippen MR) is 89.8 cm³/mol. The topological polar surface area (TPSA) is 68.2 Å². The number of rotatable bonds is 3. The van der Waals surface area contributed by atoms with Gasteiger partial charge in [-0.1, -0.05) is 0 Å². The predicted octanol–water partition coefficient (Wildman–Crippen LogP) is 2.39. The van der Waals surface area contributed by atoms with Crippen molar-refractivity contribution < 1.29 is 14.0 Å². The molecule has 1 heterocycles. The summed E-state index contributed by atoms with van der Waals surface area (Å²) in [6.07, 6.45) is 3.43. The van der Waals surface area contributed by atoms with Gasteiger partial charge in [0.15, 0.2) is 5.78 Å². The fourth-order valence-electron chi connectivity index (χ4n) is 3.21. The summed E-state index contributed by atoms with van der Waals surface area (Å²) < 4.78 is 14.6. The maximum absolute atomic E-state index is 13.3. The van der Waals surface area contributed by atoms with E-state index in [-0.39, 0.29) is 17.4 Å². The molecule has 0 aliphatic heterocycles. The summed E-state index contributed by atoms with van der Waals surface area (Å²) in [5.41, 5.74) is 0.953. The second-order valence-corrected chi connectivity index (χ2v) is 6.56. The third-order valence-electron chi connectivity index (χ3n) is 4.66. The van der Waals surface area contributed by atoms with E-state index in [1.165, 1.54) is 34.9 Å². The highest BCUT2D eigenvalue weighted by Crippen LogP contribution is 2.24. The molecule has 1 N–H and O–H groups in total. The Balaban J connectivity index is 1.92. The van der Waals surface area contributed by atoms with Crippen LogP contribution in [0.5, 0.6) is 0 Å². The first-order valence-electron chi connectivity index (χ1n) is 8.43. The van der Waals surface area contributed by atoms with Crippen LogP contribution in [0.25, 0.3) is 5.69 Å². The van der Waals surface area contributed by atoms with E-state index in [0.29, 0.717) is 36.2 Å². The molecule has 1 amide bonds. The number of halogens is 1. The maximum Gasteiger partial charge on any atom is 0.268 e. The zero-order valence-corrected chi connectivity index (χ0v) is 13.5. The molecule has 0 bridgehead atoms. The number of hydrogen-bond acceptors (Lipinski definition) is 3. The van der Waals surface area contributed by atoms with Crippen molar-refractivity contribution in [2.24, 2.45) is 0 Å². The van der Waals surface area contributed by atoms with Crippen LogP contribution < -0.4 is 10.9 Å². The van der Waals surface area contributed by atoms with E-state index in [9.17, 15) is 18.8 Å². The molecule has 2 aliphatic rings. The van der Waals surface area contributed by atoms with E-state index in [2.05, 4.69) is 5.32 Å². The van der Waals surface area contributed by atoms with Gasteiger partial charge in [-0.2, -0.15) is 0 Å². The summed E-state index contributed by atoms with van der Waals surface area (Å²) in [7, 11) is 0. The quantitative estimate of drug-likeness (QED) is 0.933. The molecule has 5 nitrogen and oxygen atoms in total. The highest BCUT2D eigenvalue weighted by atomic mass is 19.1. The molecule has 25 heavy (non-hydrogen) atoms. The summed E-state index contributed by atoms with van der Waals surface area (Å²) in [5, 5.41) is 2.80. The first-order chi connectivity index (χ1) is 12.0. The lowest BCUT2D eigenvalue weighted by Gasteiger charge is -2.21. The molecule has 1 saturated carbocycles. The van der Waals surface area contributed by atoms with Crippen molar-refractivity contribution in [3.63, 3.8) is 0 Å². The summed E-state index contributed by atoms with van der Waals surface area (Å²) in [5.74, 6) is -0.938. The van der Waals surface area contributed by atoms with Gasteiger partial charge in [-0.15, -0.1) is 0 Å². The van der Waals surface area contributed by atoms with Crippen LogP contribution in [0.3, 0.4) is 0 Å². The molecule has 1 aromatic carbocycles. The second kappa shape index (κ2) is 5.95. The van der Waals surface area contributed by atoms with Crippen molar-refractivity contribution in [1.29, 1.82) is 0 Å². The summed E-state index contributed by atoms with van der Waals surface area (Å²) in [6, 6.07) is 7.03. The average molecular weight is 340 g/mol. The van der Waals surface area contributed by atoms with Gasteiger partial charge in [0.1, 0.15) is 11.4 Å². The molecule has 0 atom stereocenters. The zero-order chi connectivity index (χ0) is 17.6. The van der Waals surface area contributed by atoms with Crippen LogP contribution in [0.1, 0.15) is 52.1 Å². The van der Waals surface area contributed by atoms with E-state index in [1.807, 2.05) is 0 Å². The summed E-state index contributed by atoms with van der Waals surface area (Å²) in [4.78, 5) is 37.8. The number of fused-ring (bicyclic) bond motifs is 1. The number of amides is 1. The molecule has 0 saturated heterocycles.